The maximum atomic E-state index is 12.1. The molecule has 3 aromatic rings. The summed E-state index contributed by atoms with van der Waals surface area (Å²) in [6.45, 7) is 4.32. The number of aromatic nitrogens is 4. The second-order valence-corrected chi connectivity index (χ2v) is 6.64. The highest BCUT2D eigenvalue weighted by Gasteiger charge is 2.15. The second kappa shape index (κ2) is 8.64. The van der Waals surface area contributed by atoms with Gasteiger partial charge in [0.15, 0.2) is 11.0 Å². The monoisotopic (exact) mass is 385 g/mol. The fraction of sp³-hybridized carbons (Fsp3) is 0.111. The van der Waals surface area contributed by atoms with Gasteiger partial charge in [-0.2, -0.15) is 0 Å². The van der Waals surface area contributed by atoms with Crippen molar-refractivity contribution in [3.8, 4) is 11.4 Å². The van der Waals surface area contributed by atoms with E-state index in [0.29, 0.717) is 28.4 Å². The summed E-state index contributed by atoms with van der Waals surface area (Å²) in [6.07, 6.45) is 3.39. The SMILES string of the molecule is C=CCn1c(SCC(=O)Nc2ccccn2)nnc1-c1ccc(Cl)cc1. The number of thioether (sulfide) groups is 1. The number of hydrogen-bond acceptors (Lipinski definition) is 5. The molecular formula is C18H16ClN5OS. The molecule has 1 aromatic carbocycles. The summed E-state index contributed by atoms with van der Waals surface area (Å²) in [6, 6.07) is 12.7. The molecule has 0 saturated heterocycles. The molecule has 132 valence electrons. The molecule has 1 N–H and O–H groups in total. The number of nitrogens with zero attached hydrogens (tertiary/aromatic N) is 4. The van der Waals surface area contributed by atoms with Gasteiger partial charge in [0.2, 0.25) is 5.91 Å². The van der Waals surface area contributed by atoms with Crippen LogP contribution in [0.3, 0.4) is 0 Å². The van der Waals surface area contributed by atoms with E-state index in [1.807, 2.05) is 22.8 Å². The zero-order valence-electron chi connectivity index (χ0n) is 13.8. The maximum absolute atomic E-state index is 12.1. The molecule has 0 aliphatic heterocycles. The highest BCUT2D eigenvalue weighted by Crippen LogP contribution is 2.25. The van der Waals surface area contributed by atoms with E-state index < -0.39 is 0 Å². The molecule has 0 radical (unpaired) electrons. The highest BCUT2D eigenvalue weighted by atomic mass is 35.5. The molecule has 0 aliphatic carbocycles. The Kier molecular flexibility index (Phi) is 6.04. The first-order chi connectivity index (χ1) is 12.7. The van der Waals surface area contributed by atoms with Crippen LogP contribution in [0.25, 0.3) is 11.4 Å². The quantitative estimate of drug-likeness (QED) is 0.493. The highest BCUT2D eigenvalue weighted by molar-refractivity contribution is 7.99. The number of hydrogen-bond donors (Lipinski definition) is 1. The van der Waals surface area contributed by atoms with Crippen molar-refractivity contribution < 1.29 is 4.79 Å². The minimum absolute atomic E-state index is 0.158. The van der Waals surface area contributed by atoms with Crippen LogP contribution in [0.4, 0.5) is 5.82 Å². The summed E-state index contributed by atoms with van der Waals surface area (Å²) >= 11 is 7.25. The molecule has 1 amide bonds. The molecule has 0 bridgehead atoms. The topological polar surface area (TPSA) is 72.7 Å². The first kappa shape index (κ1) is 18.2. The van der Waals surface area contributed by atoms with Crippen LogP contribution in [-0.2, 0) is 11.3 Å². The van der Waals surface area contributed by atoms with Crippen LogP contribution in [-0.4, -0.2) is 31.4 Å². The van der Waals surface area contributed by atoms with E-state index in [1.54, 1.807) is 36.5 Å². The number of nitrogens with one attached hydrogen (secondary N) is 1. The smallest absolute Gasteiger partial charge is 0.236 e. The number of carbonyl (C=O) groups excluding carboxylic acids is 1. The molecule has 2 aromatic heterocycles. The number of carbonyl (C=O) groups is 1. The second-order valence-electron chi connectivity index (χ2n) is 5.26. The van der Waals surface area contributed by atoms with Gasteiger partial charge >= 0.3 is 0 Å². The Labute approximate surface area is 160 Å². The lowest BCUT2D eigenvalue weighted by molar-refractivity contribution is -0.113. The Hall–Kier alpha value is -2.64. The number of rotatable bonds is 7. The molecule has 6 nitrogen and oxygen atoms in total. The minimum atomic E-state index is -0.158. The molecule has 0 atom stereocenters. The van der Waals surface area contributed by atoms with Crippen LogP contribution in [0.1, 0.15) is 0 Å². The van der Waals surface area contributed by atoms with Gasteiger partial charge in [0.05, 0.1) is 5.75 Å². The van der Waals surface area contributed by atoms with Gasteiger partial charge in [-0.05, 0) is 36.4 Å². The molecule has 3 rings (SSSR count). The summed E-state index contributed by atoms with van der Waals surface area (Å²) in [5.74, 6) is 1.27. The Morgan fingerprint density at radius 2 is 2.04 bits per heavy atom. The third-order valence-electron chi connectivity index (χ3n) is 3.40. The van der Waals surface area contributed by atoms with E-state index in [-0.39, 0.29) is 11.7 Å². The minimum Gasteiger partial charge on any atom is -0.310 e. The van der Waals surface area contributed by atoms with Crippen molar-refractivity contribution in [2.45, 2.75) is 11.7 Å². The van der Waals surface area contributed by atoms with Crippen molar-refractivity contribution in [1.29, 1.82) is 0 Å². The van der Waals surface area contributed by atoms with Gasteiger partial charge in [-0.15, -0.1) is 16.8 Å². The molecular weight excluding hydrogens is 370 g/mol. The first-order valence-corrected chi connectivity index (χ1v) is 9.17. The maximum Gasteiger partial charge on any atom is 0.236 e. The average Bonchev–Trinajstić information content (AvgIpc) is 3.05. The number of anilines is 1. The van der Waals surface area contributed by atoms with Crippen LogP contribution in [0.2, 0.25) is 5.02 Å². The molecule has 0 spiro atoms. The lowest BCUT2D eigenvalue weighted by atomic mass is 10.2. The van der Waals surface area contributed by atoms with Crippen molar-refractivity contribution in [1.82, 2.24) is 19.7 Å². The molecule has 8 heteroatoms. The van der Waals surface area contributed by atoms with E-state index in [2.05, 4.69) is 27.1 Å². The molecule has 0 fully saturated rings. The summed E-state index contributed by atoms with van der Waals surface area (Å²) < 4.78 is 1.91. The number of benzene rings is 1. The third-order valence-corrected chi connectivity index (χ3v) is 4.61. The largest absolute Gasteiger partial charge is 0.310 e. The van der Waals surface area contributed by atoms with Crippen molar-refractivity contribution in [2.24, 2.45) is 0 Å². The molecule has 0 unspecified atom stereocenters. The van der Waals surface area contributed by atoms with E-state index in [9.17, 15) is 4.79 Å². The van der Waals surface area contributed by atoms with E-state index >= 15 is 0 Å². The molecule has 26 heavy (non-hydrogen) atoms. The van der Waals surface area contributed by atoms with Gasteiger partial charge < -0.3 is 5.32 Å². The number of amides is 1. The van der Waals surface area contributed by atoms with Crippen molar-refractivity contribution in [3.63, 3.8) is 0 Å². The summed E-state index contributed by atoms with van der Waals surface area (Å²) in [7, 11) is 0. The van der Waals surface area contributed by atoms with Crippen LogP contribution < -0.4 is 5.32 Å². The summed E-state index contributed by atoms with van der Waals surface area (Å²) in [4.78, 5) is 16.2. The predicted octanol–water partition coefficient (Wildman–Crippen LogP) is 3.91. The van der Waals surface area contributed by atoms with E-state index in [1.165, 1.54) is 11.8 Å². The average molecular weight is 386 g/mol. The predicted molar refractivity (Wildman–Crippen MR) is 104 cm³/mol. The third kappa shape index (κ3) is 4.50. The van der Waals surface area contributed by atoms with Gasteiger partial charge in [0.1, 0.15) is 5.82 Å². The summed E-state index contributed by atoms with van der Waals surface area (Å²) in [5.41, 5.74) is 0.897. The van der Waals surface area contributed by atoms with Gasteiger partial charge in [0, 0.05) is 23.3 Å². The Morgan fingerprint density at radius 3 is 2.73 bits per heavy atom. The Bertz CT molecular complexity index is 896. The lowest BCUT2D eigenvalue weighted by Crippen LogP contribution is -2.15. The van der Waals surface area contributed by atoms with E-state index in [4.69, 9.17) is 11.6 Å². The fourth-order valence-electron chi connectivity index (χ4n) is 2.25. The van der Waals surface area contributed by atoms with Crippen LogP contribution in [0.5, 0.6) is 0 Å². The van der Waals surface area contributed by atoms with Crippen molar-refractivity contribution >= 4 is 35.1 Å². The van der Waals surface area contributed by atoms with Gasteiger partial charge in [0.25, 0.3) is 0 Å². The van der Waals surface area contributed by atoms with E-state index in [0.717, 1.165) is 5.56 Å². The van der Waals surface area contributed by atoms with Crippen LogP contribution in [0.15, 0.2) is 66.5 Å². The normalized spacial score (nSPS) is 10.5. The Morgan fingerprint density at radius 1 is 1.23 bits per heavy atom. The number of pyridine rings is 1. The van der Waals surface area contributed by atoms with Crippen molar-refractivity contribution in [3.05, 3.63) is 66.3 Å². The standard InChI is InChI=1S/C18H16ClN5OS/c1-2-11-24-17(13-6-8-14(19)9-7-13)22-23-18(24)26-12-16(25)21-15-5-3-4-10-20-15/h2-10H,1,11-12H2,(H,20,21,25). The number of halogens is 1. The molecule has 0 aliphatic rings. The first-order valence-electron chi connectivity index (χ1n) is 7.81. The molecule has 0 saturated carbocycles. The zero-order valence-corrected chi connectivity index (χ0v) is 15.4. The van der Waals surface area contributed by atoms with Crippen LogP contribution in [0, 0.1) is 0 Å². The zero-order chi connectivity index (χ0) is 18.4. The van der Waals surface area contributed by atoms with Gasteiger partial charge in [-0.3, -0.25) is 9.36 Å². The van der Waals surface area contributed by atoms with Crippen LogP contribution >= 0.6 is 23.4 Å². The Balaban J connectivity index is 1.72. The fourth-order valence-corrected chi connectivity index (χ4v) is 3.12. The van der Waals surface area contributed by atoms with Crippen molar-refractivity contribution in [2.75, 3.05) is 11.1 Å². The van der Waals surface area contributed by atoms with Gasteiger partial charge in [-0.1, -0.05) is 35.5 Å². The number of allylic oxidation sites excluding steroid dienone is 1. The van der Waals surface area contributed by atoms with Gasteiger partial charge in [-0.25, -0.2) is 4.98 Å². The summed E-state index contributed by atoms with van der Waals surface area (Å²) in [5, 5.41) is 12.5. The lowest BCUT2D eigenvalue weighted by Gasteiger charge is -2.08. The molecule has 2 heterocycles.